The third-order valence-electron chi connectivity index (χ3n) is 3.39. The molecule has 0 unspecified atom stereocenters. The van der Waals surface area contributed by atoms with E-state index in [9.17, 15) is 0 Å². The molecule has 4 N–H and O–H groups in total. The van der Waals surface area contributed by atoms with Gasteiger partial charge in [-0.05, 0) is 42.7 Å². The molecule has 0 saturated heterocycles. The Morgan fingerprint density at radius 1 is 1.13 bits per heavy atom. The highest BCUT2D eigenvalue weighted by molar-refractivity contribution is 5.73. The molecule has 0 aliphatic carbocycles. The monoisotopic (exact) mass is 311 g/mol. The van der Waals surface area contributed by atoms with E-state index in [0.717, 1.165) is 27.9 Å². The largest absolute Gasteiger partial charge is 0.467 e. The third-order valence-corrected chi connectivity index (χ3v) is 3.39. The second-order valence-corrected chi connectivity index (χ2v) is 5.11. The predicted molar refractivity (Wildman–Crippen MR) is 87.6 cm³/mol. The minimum absolute atomic E-state index is 0.271. The summed E-state index contributed by atoms with van der Waals surface area (Å²) in [4.78, 5) is 12.4. The smallest absolute Gasteiger partial charge is 0.316 e. The van der Waals surface area contributed by atoms with Crippen molar-refractivity contribution in [3.8, 4) is 17.1 Å². The van der Waals surface area contributed by atoms with E-state index >= 15 is 0 Å². The lowest BCUT2D eigenvalue weighted by Crippen LogP contribution is -1.98. The van der Waals surface area contributed by atoms with Crippen LogP contribution in [0.2, 0.25) is 0 Å². The number of H-pyrrole nitrogens is 1. The van der Waals surface area contributed by atoms with Crippen molar-refractivity contribution in [1.82, 2.24) is 25.1 Å². The Kier molecular flexibility index (Phi) is 3.80. The van der Waals surface area contributed by atoms with Crippen LogP contribution in [-0.2, 0) is 0 Å². The highest BCUT2D eigenvalue weighted by atomic mass is 16.5. The van der Waals surface area contributed by atoms with Gasteiger partial charge in [0.1, 0.15) is 0 Å². The molecule has 0 fully saturated rings. The molecule has 0 amide bonds. The number of nitrogens with one attached hydrogen (secondary N) is 2. The lowest BCUT2D eigenvalue weighted by atomic mass is 9.97. The van der Waals surface area contributed by atoms with E-state index in [2.05, 4.69) is 30.5 Å². The highest BCUT2D eigenvalue weighted by Crippen LogP contribution is 2.30. The Balaban J connectivity index is 1.93. The summed E-state index contributed by atoms with van der Waals surface area (Å²) >= 11 is 0. The first kappa shape index (κ1) is 14.8. The number of rotatable bonds is 4. The summed E-state index contributed by atoms with van der Waals surface area (Å²) in [5, 5.41) is 9.67. The van der Waals surface area contributed by atoms with Gasteiger partial charge in [-0.15, -0.1) is 5.10 Å². The van der Waals surface area contributed by atoms with E-state index in [-0.39, 0.29) is 5.95 Å². The first-order valence-corrected chi connectivity index (χ1v) is 6.99. The average molecular weight is 311 g/mol. The fraction of sp³-hybridized carbons (Fsp3) is 0.200. The van der Waals surface area contributed by atoms with Crippen molar-refractivity contribution < 1.29 is 4.74 Å². The van der Waals surface area contributed by atoms with Gasteiger partial charge in [0.05, 0.1) is 7.11 Å². The zero-order valence-electron chi connectivity index (χ0n) is 13.1. The van der Waals surface area contributed by atoms with Gasteiger partial charge in [-0.25, -0.2) is 15.1 Å². The number of nitrogens with zero attached hydrogens (tertiary/aromatic N) is 4. The number of hydrogen-bond acceptors (Lipinski definition) is 7. The van der Waals surface area contributed by atoms with Gasteiger partial charge in [0.25, 0.3) is 0 Å². The van der Waals surface area contributed by atoms with E-state index < -0.39 is 0 Å². The molecule has 3 rings (SSSR count). The molecule has 0 saturated carbocycles. The van der Waals surface area contributed by atoms with Crippen molar-refractivity contribution in [2.24, 2.45) is 0 Å². The van der Waals surface area contributed by atoms with E-state index in [1.165, 1.54) is 0 Å². The van der Waals surface area contributed by atoms with Gasteiger partial charge in [0, 0.05) is 23.6 Å². The first-order chi connectivity index (χ1) is 11.1. The number of aryl methyl sites for hydroxylation is 2. The molecule has 1 aromatic carbocycles. The number of ether oxygens (including phenoxy) is 1. The molecule has 3 aromatic rings. The Morgan fingerprint density at radius 2 is 1.78 bits per heavy atom. The normalized spacial score (nSPS) is 10.6. The first-order valence-electron chi connectivity index (χ1n) is 6.99. The van der Waals surface area contributed by atoms with E-state index in [1.54, 1.807) is 19.5 Å². The molecule has 0 aliphatic heterocycles. The molecular weight excluding hydrogens is 294 g/mol. The maximum Gasteiger partial charge on any atom is 0.316 e. The number of nitrogen functional groups attached to an aromatic ring is 1. The van der Waals surface area contributed by atoms with Gasteiger partial charge in [-0.1, -0.05) is 0 Å². The molecule has 0 atom stereocenters. The van der Waals surface area contributed by atoms with Crippen LogP contribution in [0.25, 0.3) is 11.1 Å². The summed E-state index contributed by atoms with van der Waals surface area (Å²) in [7, 11) is 1.54. The van der Waals surface area contributed by atoms with Gasteiger partial charge in [0.15, 0.2) is 0 Å². The van der Waals surface area contributed by atoms with Gasteiger partial charge in [-0.3, -0.25) is 0 Å². The number of anilines is 3. The quantitative estimate of drug-likeness (QED) is 0.676. The number of hydrogen-bond donors (Lipinski definition) is 3. The van der Waals surface area contributed by atoms with Gasteiger partial charge in [0.2, 0.25) is 11.9 Å². The standard InChI is InChI=1S/C15H17N7O/c1-8-4-11(19-14-20-13(16)21-22-14)5-9(2)12(8)10-6-17-15(23-3)18-7-10/h4-7H,1-3H3,(H4,16,19,20,21,22). The van der Waals surface area contributed by atoms with Crippen LogP contribution >= 0.6 is 0 Å². The lowest BCUT2D eigenvalue weighted by molar-refractivity contribution is 0.380. The maximum atomic E-state index is 5.52. The maximum absolute atomic E-state index is 5.52. The van der Waals surface area contributed by atoms with Crippen LogP contribution in [0.1, 0.15) is 11.1 Å². The summed E-state index contributed by atoms with van der Waals surface area (Å²) in [5.41, 5.74) is 10.6. The molecule has 2 aromatic heterocycles. The Labute approximate surface area is 133 Å². The molecule has 0 radical (unpaired) electrons. The van der Waals surface area contributed by atoms with Gasteiger partial charge < -0.3 is 15.8 Å². The number of aromatic amines is 1. The van der Waals surface area contributed by atoms with Crippen LogP contribution < -0.4 is 15.8 Å². The summed E-state index contributed by atoms with van der Waals surface area (Å²) in [5.74, 6) is 0.703. The zero-order chi connectivity index (χ0) is 16.4. The van der Waals surface area contributed by atoms with Crippen LogP contribution in [0.15, 0.2) is 24.5 Å². The number of benzene rings is 1. The fourth-order valence-corrected chi connectivity index (χ4v) is 2.50. The van der Waals surface area contributed by atoms with Crippen molar-refractivity contribution in [3.63, 3.8) is 0 Å². The van der Waals surface area contributed by atoms with Crippen LogP contribution in [0, 0.1) is 13.8 Å². The molecule has 0 bridgehead atoms. The minimum atomic E-state index is 0.271. The van der Waals surface area contributed by atoms with E-state index in [4.69, 9.17) is 10.5 Å². The minimum Gasteiger partial charge on any atom is -0.467 e. The molecule has 0 spiro atoms. The van der Waals surface area contributed by atoms with Gasteiger partial charge in [-0.2, -0.15) is 4.98 Å². The Morgan fingerprint density at radius 3 is 2.30 bits per heavy atom. The molecule has 118 valence electrons. The molecule has 8 nitrogen and oxygen atoms in total. The molecule has 0 aliphatic rings. The van der Waals surface area contributed by atoms with Crippen LogP contribution in [0.5, 0.6) is 6.01 Å². The second-order valence-electron chi connectivity index (χ2n) is 5.11. The summed E-state index contributed by atoms with van der Waals surface area (Å²) in [6.45, 7) is 4.06. The Hall–Kier alpha value is -3.16. The van der Waals surface area contributed by atoms with Crippen molar-refractivity contribution >= 4 is 17.6 Å². The molecular formula is C15H17N7O. The van der Waals surface area contributed by atoms with Crippen molar-refractivity contribution in [2.45, 2.75) is 13.8 Å². The van der Waals surface area contributed by atoms with E-state index in [1.807, 2.05) is 26.0 Å². The average Bonchev–Trinajstić information content (AvgIpc) is 2.92. The van der Waals surface area contributed by atoms with Crippen molar-refractivity contribution in [3.05, 3.63) is 35.7 Å². The van der Waals surface area contributed by atoms with Crippen molar-refractivity contribution in [1.29, 1.82) is 0 Å². The summed E-state index contributed by atoms with van der Waals surface area (Å²) < 4.78 is 4.99. The molecule has 23 heavy (non-hydrogen) atoms. The third kappa shape index (κ3) is 3.05. The van der Waals surface area contributed by atoms with Crippen LogP contribution in [0.3, 0.4) is 0 Å². The highest BCUT2D eigenvalue weighted by Gasteiger charge is 2.10. The van der Waals surface area contributed by atoms with Crippen LogP contribution in [-0.4, -0.2) is 32.3 Å². The fourth-order valence-electron chi connectivity index (χ4n) is 2.50. The molecule has 8 heteroatoms. The summed E-state index contributed by atoms with van der Waals surface area (Å²) in [6.07, 6.45) is 3.51. The Bertz CT molecular complexity index is 803. The second kappa shape index (κ2) is 5.91. The zero-order valence-corrected chi connectivity index (χ0v) is 13.1. The molecule has 2 heterocycles. The lowest BCUT2D eigenvalue weighted by Gasteiger charge is -2.13. The van der Waals surface area contributed by atoms with Crippen LogP contribution in [0.4, 0.5) is 17.6 Å². The number of nitrogens with two attached hydrogens (primary N) is 1. The van der Waals surface area contributed by atoms with Crippen molar-refractivity contribution in [2.75, 3.05) is 18.2 Å². The topological polar surface area (TPSA) is 115 Å². The number of aromatic nitrogens is 5. The van der Waals surface area contributed by atoms with E-state index in [0.29, 0.717) is 12.0 Å². The SMILES string of the molecule is COc1ncc(-c2c(C)cc(Nc3n[nH]c(N)n3)cc2C)cn1. The van der Waals surface area contributed by atoms with Gasteiger partial charge >= 0.3 is 6.01 Å². The summed E-state index contributed by atoms with van der Waals surface area (Å²) in [6, 6.07) is 4.38. The predicted octanol–water partition coefficient (Wildman–Crippen LogP) is 2.21. The number of methoxy groups -OCH3 is 1.